The molecule has 5 rings (SSSR count). The van der Waals surface area contributed by atoms with E-state index in [0.717, 1.165) is 31.5 Å². The van der Waals surface area contributed by atoms with Gasteiger partial charge < -0.3 is 16.0 Å². The number of nitrogens with one attached hydrogen (secondary N) is 3. The minimum absolute atomic E-state index is 0.0284. The lowest BCUT2D eigenvalue weighted by atomic mass is 9.94. The molecule has 1 aromatic heterocycles. The van der Waals surface area contributed by atoms with Crippen LogP contribution in [0.25, 0.3) is 5.69 Å². The van der Waals surface area contributed by atoms with E-state index in [4.69, 9.17) is 0 Å². The molecule has 0 aliphatic carbocycles. The van der Waals surface area contributed by atoms with E-state index in [0.29, 0.717) is 24.2 Å². The number of hydrogen-bond donors (Lipinski definition) is 3. The summed E-state index contributed by atoms with van der Waals surface area (Å²) >= 11 is 0. The van der Waals surface area contributed by atoms with Gasteiger partial charge in [-0.25, -0.2) is 17.5 Å². The third-order valence-electron chi connectivity index (χ3n) is 6.54. The van der Waals surface area contributed by atoms with Gasteiger partial charge >= 0.3 is 0 Å². The molecule has 2 fully saturated rings. The normalized spacial score (nSPS) is 22.3. The zero-order valence-electron chi connectivity index (χ0n) is 18.4. The van der Waals surface area contributed by atoms with E-state index >= 15 is 0 Å². The second kappa shape index (κ2) is 9.28. The van der Waals surface area contributed by atoms with Crippen LogP contribution in [0.5, 0.6) is 0 Å². The number of carbonyl (C=O) groups excluding carboxylic acids is 1. The molecule has 8 nitrogen and oxygen atoms in total. The highest BCUT2D eigenvalue weighted by molar-refractivity contribution is 7.91. The third kappa shape index (κ3) is 4.61. The van der Waals surface area contributed by atoms with Gasteiger partial charge in [-0.1, -0.05) is 12.1 Å². The van der Waals surface area contributed by atoms with Gasteiger partial charge in [-0.3, -0.25) is 4.79 Å². The van der Waals surface area contributed by atoms with E-state index in [1.54, 1.807) is 12.1 Å². The Bertz CT molecular complexity index is 1260. The van der Waals surface area contributed by atoms with Gasteiger partial charge in [0.15, 0.2) is 0 Å². The summed E-state index contributed by atoms with van der Waals surface area (Å²) in [4.78, 5) is 12.8. The summed E-state index contributed by atoms with van der Waals surface area (Å²) in [5.74, 6) is 0.0792. The fourth-order valence-corrected chi connectivity index (χ4v) is 5.81. The van der Waals surface area contributed by atoms with E-state index in [1.165, 1.54) is 53.5 Å². The fraction of sp³-hybridized carbons (Fsp3) is 0.333. The van der Waals surface area contributed by atoms with Crippen molar-refractivity contribution in [1.82, 2.24) is 25.7 Å². The van der Waals surface area contributed by atoms with Gasteiger partial charge in [0.25, 0.3) is 0 Å². The first kappa shape index (κ1) is 22.7. The molecule has 2 aromatic carbocycles. The molecule has 10 heteroatoms. The molecular weight excluding hydrogens is 457 g/mol. The molecule has 2 aliphatic heterocycles. The number of halogens is 1. The summed E-state index contributed by atoms with van der Waals surface area (Å²) in [5, 5.41) is 13.9. The maximum Gasteiger partial charge on any atom is 0.237 e. The maximum atomic E-state index is 13.1. The molecule has 178 valence electrons. The molecule has 0 spiro atoms. The molecule has 3 aromatic rings. The van der Waals surface area contributed by atoms with Crippen LogP contribution in [0.3, 0.4) is 0 Å². The Hall–Kier alpha value is -3.08. The number of piperidine rings is 1. The number of aromatic nitrogens is 2. The average molecular weight is 484 g/mol. The Morgan fingerprint density at radius 1 is 1.12 bits per heavy atom. The van der Waals surface area contributed by atoms with Crippen LogP contribution in [0.2, 0.25) is 0 Å². The highest BCUT2D eigenvalue weighted by Gasteiger charge is 2.38. The van der Waals surface area contributed by atoms with Crippen molar-refractivity contribution >= 4 is 15.7 Å². The minimum Gasteiger partial charge on any atom is -0.351 e. The highest BCUT2D eigenvalue weighted by Crippen LogP contribution is 2.25. The molecule has 3 atom stereocenters. The predicted molar refractivity (Wildman–Crippen MR) is 124 cm³/mol. The molecule has 1 amide bonds. The molecule has 34 heavy (non-hydrogen) atoms. The van der Waals surface area contributed by atoms with Crippen molar-refractivity contribution in [2.24, 2.45) is 5.92 Å². The summed E-state index contributed by atoms with van der Waals surface area (Å²) in [5.41, 5.74) is 1.37. The lowest BCUT2D eigenvalue weighted by molar-refractivity contribution is -0.123. The first-order valence-electron chi connectivity index (χ1n) is 11.3. The number of fused-ring (bicyclic) bond motifs is 1. The van der Waals surface area contributed by atoms with E-state index in [9.17, 15) is 17.6 Å². The van der Waals surface area contributed by atoms with Crippen LogP contribution in [0.4, 0.5) is 4.39 Å². The van der Waals surface area contributed by atoms with Crippen molar-refractivity contribution < 1.29 is 17.6 Å². The summed E-state index contributed by atoms with van der Waals surface area (Å²) in [6, 6.07) is 12.3. The smallest absolute Gasteiger partial charge is 0.237 e. The lowest BCUT2D eigenvalue weighted by Gasteiger charge is -2.25. The Balaban J connectivity index is 1.21. The number of hydrogen-bond acceptors (Lipinski definition) is 6. The molecular formula is C24H26FN5O3S. The molecule has 0 radical (unpaired) electrons. The van der Waals surface area contributed by atoms with Crippen molar-refractivity contribution in [1.29, 1.82) is 0 Å². The monoisotopic (exact) mass is 483 g/mol. The Morgan fingerprint density at radius 3 is 2.62 bits per heavy atom. The van der Waals surface area contributed by atoms with Crippen LogP contribution < -0.4 is 16.0 Å². The van der Waals surface area contributed by atoms with Crippen LogP contribution >= 0.6 is 0 Å². The van der Waals surface area contributed by atoms with Crippen molar-refractivity contribution in [3.8, 4) is 5.69 Å². The molecule has 3 heterocycles. The number of rotatable bonds is 6. The number of sulfone groups is 1. The fourth-order valence-electron chi connectivity index (χ4n) is 4.62. The summed E-state index contributed by atoms with van der Waals surface area (Å²) in [6.45, 7) is 2.25. The van der Waals surface area contributed by atoms with Crippen molar-refractivity contribution in [2.75, 3.05) is 13.1 Å². The minimum atomic E-state index is -3.77. The molecule has 0 saturated carbocycles. The molecule has 2 saturated heterocycles. The van der Waals surface area contributed by atoms with Gasteiger partial charge in [-0.2, -0.15) is 5.10 Å². The summed E-state index contributed by atoms with van der Waals surface area (Å²) in [7, 11) is -3.77. The second-order valence-electron chi connectivity index (χ2n) is 8.78. The first-order chi connectivity index (χ1) is 16.4. The van der Waals surface area contributed by atoms with Crippen LogP contribution in [0.15, 0.2) is 70.7 Å². The van der Waals surface area contributed by atoms with E-state index in [-0.39, 0.29) is 27.6 Å². The summed E-state index contributed by atoms with van der Waals surface area (Å²) in [6.07, 6.45) is 4.53. The molecule has 0 bridgehead atoms. The molecule has 2 aliphatic rings. The zero-order chi connectivity index (χ0) is 23.7. The van der Waals surface area contributed by atoms with E-state index < -0.39 is 9.84 Å². The van der Waals surface area contributed by atoms with Gasteiger partial charge in [-0.15, -0.1) is 0 Å². The van der Waals surface area contributed by atoms with Gasteiger partial charge in [0.2, 0.25) is 15.7 Å². The number of benzene rings is 2. The first-order valence-corrected chi connectivity index (χ1v) is 12.8. The Morgan fingerprint density at radius 2 is 1.88 bits per heavy atom. The third-order valence-corrected chi connectivity index (χ3v) is 8.26. The van der Waals surface area contributed by atoms with Gasteiger partial charge in [0, 0.05) is 18.8 Å². The van der Waals surface area contributed by atoms with Crippen molar-refractivity contribution in [3.05, 3.63) is 72.3 Å². The standard InChI is InChI=1S/C24H26FN5O3S/c25-18-3-5-19(6-4-18)30-15-21(14-28-30)34(32,33)20-7-1-16(2-8-20)12-27-24(31)23-11-17-13-26-10-9-22(17)29-23/h1-8,14-15,17,22-23,26,29H,9-13H2,(H,27,31). The zero-order valence-corrected chi connectivity index (χ0v) is 19.3. The van der Waals surface area contributed by atoms with E-state index in [1.807, 2.05) is 0 Å². The number of carbonyl (C=O) groups is 1. The van der Waals surface area contributed by atoms with E-state index in [2.05, 4.69) is 21.0 Å². The van der Waals surface area contributed by atoms with Crippen LogP contribution in [0, 0.1) is 11.7 Å². The topological polar surface area (TPSA) is 105 Å². The van der Waals surface area contributed by atoms with Crippen molar-refractivity contribution in [3.63, 3.8) is 0 Å². The van der Waals surface area contributed by atoms with Crippen molar-refractivity contribution in [2.45, 2.75) is 41.3 Å². The quantitative estimate of drug-likeness (QED) is 0.494. The SMILES string of the molecule is O=C(NCc1ccc(S(=O)(=O)c2cnn(-c3ccc(F)cc3)c2)cc1)C1CC2CNCCC2N1. The number of amides is 1. The lowest BCUT2D eigenvalue weighted by Crippen LogP contribution is -2.45. The number of nitrogens with zero attached hydrogens (tertiary/aromatic N) is 2. The average Bonchev–Trinajstić information content (AvgIpc) is 3.51. The highest BCUT2D eigenvalue weighted by atomic mass is 32.2. The van der Waals surface area contributed by atoms with Gasteiger partial charge in [-0.05, 0) is 73.8 Å². The maximum absolute atomic E-state index is 13.1. The summed E-state index contributed by atoms with van der Waals surface area (Å²) < 4.78 is 40.5. The van der Waals surface area contributed by atoms with Crippen LogP contribution in [-0.2, 0) is 21.2 Å². The van der Waals surface area contributed by atoms with Gasteiger partial charge in [0.05, 0.1) is 22.8 Å². The van der Waals surface area contributed by atoms with Gasteiger partial charge in [0.1, 0.15) is 10.7 Å². The molecule has 3 N–H and O–H groups in total. The second-order valence-corrected chi connectivity index (χ2v) is 10.7. The van der Waals surface area contributed by atoms with Crippen LogP contribution in [-0.4, -0.2) is 49.3 Å². The largest absolute Gasteiger partial charge is 0.351 e. The predicted octanol–water partition coefficient (Wildman–Crippen LogP) is 1.80. The molecule has 3 unspecified atom stereocenters. The van der Waals surface area contributed by atoms with Crippen LogP contribution in [0.1, 0.15) is 18.4 Å². The Labute approximate surface area is 197 Å². The Kier molecular flexibility index (Phi) is 6.20.